The Labute approximate surface area is 149 Å². The van der Waals surface area contributed by atoms with Gasteiger partial charge in [-0.05, 0) is 63.1 Å². The van der Waals surface area contributed by atoms with Crippen molar-refractivity contribution in [3.05, 3.63) is 53.6 Å². The van der Waals surface area contributed by atoms with Crippen molar-refractivity contribution < 1.29 is 14.3 Å². The topological polar surface area (TPSA) is 38.8 Å². The van der Waals surface area contributed by atoms with Crippen LogP contribution in [0, 0.1) is 6.92 Å². The van der Waals surface area contributed by atoms with Gasteiger partial charge in [0.2, 0.25) is 5.91 Å². The molecule has 132 valence electrons. The number of carbonyl (C=O) groups is 1. The van der Waals surface area contributed by atoms with Gasteiger partial charge in [0.05, 0.1) is 5.41 Å². The zero-order valence-electron chi connectivity index (χ0n) is 15.3. The summed E-state index contributed by atoms with van der Waals surface area (Å²) in [5, 5.41) is 0. The SMILES string of the molecule is CCN(C(=O)C(C)(C)c1ccc2c(c1)OCCO2)c1cccc(C)c1. The third-order valence-corrected chi connectivity index (χ3v) is 4.67. The molecule has 0 aromatic heterocycles. The van der Waals surface area contributed by atoms with Gasteiger partial charge in [0.25, 0.3) is 0 Å². The van der Waals surface area contributed by atoms with E-state index in [4.69, 9.17) is 9.47 Å². The molecule has 0 bridgehead atoms. The van der Waals surface area contributed by atoms with E-state index in [1.165, 1.54) is 0 Å². The second kappa shape index (κ2) is 6.79. The predicted molar refractivity (Wildman–Crippen MR) is 99.7 cm³/mol. The first kappa shape index (κ1) is 17.3. The fraction of sp³-hybridized carbons (Fsp3) is 0.381. The van der Waals surface area contributed by atoms with Crippen LogP contribution in [0.5, 0.6) is 11.5 Å². The molecule has 0 atom stereocenters. The molecule has 2 aromatic carbocycles. The average molecular weight is 339 g/mol. The summed E-state index contributed by atoms with van der Waals surface area (Å²) >= 11 is 0. The number of amides is 1. The average Bonchev–Trinajstić information content (AvgIpc) is 2.62. The molecule has 4 heteroatoms. The Balaban J connectivity index is 1.93. The molecule has 0 spiro atoms. The van der Waals surface area contributed by atoms with Crippen LogP contribution in [-0.4, -0.2) is 25.7 Å². The molecular formula is C21H25NO3. The summed E-state index contributed by atoms with van der Waals surface area (Å²) in [6, 6.07) is 13.8. The summed E-state index contributed by atoms with van der Waals surface area (Å²) in [7, 11) is 0. The van der Waals surface area contributed by atoms with Crippen LogP contribution in [0.1, 0.15) is 31.9 Å². The van der Waals surface area contributed by atoms with Gasteiger partial charge in [0, 0.05) is 12.2 Å². The highest BCUT2D eigenvalue weighted by atomic mass is 16.6. The second-order valence-electron chi connectivity index (χ2n) is 6.87. The predicted octanol–water partition coefficient (Wildman–Crippen LogP) is 4.10. The lowest BCUT2D eigenvalue weighted by Gasteiger charge is -2.32. The highest BCUT2D eigenvalue weighted by Crippen LogP contribution is 2.36. The van der Waals surface area contributed by atoms with Gasteiger partial charge in [0.1, 0.15) is 13.2 Å². The van der Waals surface area contributed by atoms with Gasteiger partial charge in [0.15, 0.2) is 11.5 Å². The molecule has 3 rings (SSSR count). The quantitative estimate of drug-likeness (QED) is 0.842. The molecule has 2 aromatic rings. The van der Waals surface area contributed by atoms with Gasteiger partial charge < -0.3 is 14.4 Å². The molecule has 0 saturated heterocycles. The van der Waals surface area contributed by atoms with Crippen molar-refractivity contribution in [2.24, 2.45) is 0 Å². The minimum Gasteiger partial charge on any atom is -0.486 e. The number of hydrogen-bond donors (Lipinski definition) is 0. The number of hydrogen-bond acceptors (Lipinski definition) is 3. The molecule has 0 radical (unpaired) electrons. The van der Waals surface area contributed by atoms with E-state index >= 15 is 0 Å². The van der Waals surface area contributed by atoms with Crippen LogP contribution in [0.15, 0.2) is 42.5 Å². The number of benzene rings is 2. The Bertz CT molecular complexity index is 782. The zero-order valence-corrected chi connectivity index (χ0v) is 15.3. The molecule has 1 amide bonds. The summed E-state index contributed by atoms with van der Waals surface area (Å²) in [5.74, 6) is 1.52. The highest BCUT2D eigenvalue weighted by Gasteiger charge is 2.35. The van der Waals surface area contributed by atoms with Crippen LogP contribution >= 0.6 is 0 Å². The van der Waals surface area contributed by atoms with E-state index in [1.54, 1.807) is 0 Å². The van der Waals surface area contributed by atoms with E-state index in [0.29, 0.717) is 25.5 Å². The number of carbonyl (C=O) groups excluding carboxylic acids is 1. The molecule has 25 heavy (non-hydrogen) atoms. The maximum Gasteiger partial charge on any atom is 0.237 e. The summed E-state index contributed by atoms with van der Waals surface area (Å²) in [6.07, 6.45) is 0. The normalized spacial score (nSPS) is 13.4. The first-order valence-corrected chi connectivity index (χ1v) is 8.72. The number of fused-ring (bicyclic) bond motifs is 1. The van der Waals surface area contributed by atoms with Crippen molar-refractivity contribution >= 4 is 11.6 Å². The van der Waals surface area contributed by atoms with Crippen LogP contribution in [0.2, 0.25) is 0 Å². The Morgan fingerprint density at radius 3 is 2.48 bits per heavy atom. The van der Waals surface area contributed by atoms with E-state index in [1.807, 2.05) is 75.1 Å². The molecule has 1 heterocycles. The Hall–Kier alpha value is -2.49. The van der Waals surface area contributed by atoms with Crippen molar-refractivity contribution in [2.75, 3.05) is 24.7 Å². The number of aryl methyl sites for hydroxylation is 1. The zero-order chi connectivity index (χ0) is 18.0. The van der Waals surface area contributed by atoms with Gasteiger partial charge in [-0.25, -0.2) is 0 Å². The minimum atomic E-state index is -0.671. The van der Waals surface area contributed by atoms with E-state index < -0.39 is 5.41 Å². The van der Waals surface area contributed by atoms with Crippen molar-refractivity contribution in [2.45, 2.75) is 33.1 Å². The van der Waals surface area contributed by atoms with Crippen LogP contribution < -0.4 is 14.4 Å². The van der Waals surface area contributed by atoms with Crippen molar-refractivity contribution in [3.63, 3.8) is 0 Å². The first-order valence-electron chi connectivity index (χ1n) is 8.72. The van der Waals surface area contributed by atoms with E-state index in [-0.39, 0.29) is 5.91 Å². The molecule has 0 aliphatic carbocycles. The van der Waals surface area contributed by atoms with Crippen LogP contribution in [0.25, 0.3) is 0 Å². The third kappa shape index (κ3) is 3.34. The summed E-state index contributed by atoms with van der Waals surface area (Å²) in [5.41, 5.74) is 2.32. The van der Waals surface area contributed by atoms with Crippen LogP contribution in [0.4, 0.5) is 5.69 Å². The maximum atomic E-state index is 13.3. The Morgan fingerprint density at radius 1 is 1.08 bits per heavy atom. The lowest BCUT2D eigenvalue weighted by atomic mass is 9.82. The minimum absolute atomic E-state index is 0.0669. The van der Waals surface area contributed by atoms with Gasteiger partial charge >= 0.3 is 0 Å². The third-order valence-electron chi connectivity index (χ3n) is 4.67. The molecule has 0 fully saturated rings. The molecule has 0 N–H and O–H groups in total. The van der Waals surface area contributed by atoms with Crippen molar-refractivity contribution in [1.29, 1.82) is 0 Å². The number of rotatable bonds is 4. The Kier molecular flexibility index (Phi) is 4.71. The molecule has 4 nitrogen and oxygen atoms in total. The summed E-state index contributed by atoms with van der Waals surface area (Å²) in [4.78, 5) is 15.2. The summed E-state index contributed by atoms with van der Waals surface area (Å²) < 4.78 is 11.3. The first-order chi connectivity index (χ1) is 11.9. The fourth-order valence-corrected chi connectivity index (χ4v) is 3.13. The molecule has 0 unspecified atom stereocenters. The molecule has 0 saturated carbocycles. The van der Waals surface area contributed by atoms with Crippen LogP contribution in [-0.2, 0) is 10.2 Å². The molecule has 1 aliphatic rings. The molecule has 1 aliphatic heterocycles. The van der Waals surface area contributed by atoms with Crippen LogP contribution in [0.3, 0.4) is 0 Å². The lowest BCUT2D eigenvalue weighted by molar-refractivity contribution is -0.123. The fourth-order valence-electron chi connectivity index (χ4n) is 3.13. The monoisotopic (exact) mass is 339 g/mol. The number of likely N-dealkylation sites (N-methyl/N-ethyl adjacent to an activating group) is 1. The Morgan fingerprint density at radius 2 is 1.80 bits per heavy atom. The lowest BCUT2D eigenvalue weighted by Crippen LogP contribution is -2.43. The maximum absolute atomic E-state index is 13.3. The van der Waals surface area contributed by atoms with Crippen molar-refractivity contribution in [1.82, 2.24) is 0 Å². The smallest absolute Gasteiger partial charge is 0.237 e. The highest BCUT2D eigenvalue weighted by molar-refractivity contribution is 6.00. The number of nitrogens with zero attached hydrogens (tertiary/aromatic N) is 1. The summed E-state index contributed by atoms with van der Waals surface area (Å²) in [6.45, 7) is 9.67. The largest absolute Gasteiger partial charge is 0.486 e. The van der Waals surface area contributed by atoms with Gasteiger partial charge in [-0.15, -0.1) is 0 Å². The van der Waals surface area contributed by atoms with Gasteiger partial charge in [-0.1, -0.05) is 18.2 Å². The van der Waals surface area contributed by atoms with E-state index in [0.717, 1.165) is 22.6 Å². The van der Waals surface area contributed by atoms with Crippen molar-refractivity contribution in [3.8, 4) is 11.5 Å². The van der Waals surface area contributed by atoms with E-state index in [9.17, 15) is 4.79 Å². The van der Waals surface area contributed by atoms with E-state index in [2.05, 4.69) is 0 Å². The number of ether oxygens (including phenoxy) is 2. The number of anilines is 1. The molecular weight excluding hydrogens is 314 g/mol. The van der Waals surface area contributed by atoms with Gasteiger partial charge in [-0.3, -0.25) is 4.79 Å². The van der Waals surface area contributed by atoms with Gasteiger partial charge in [-0.2, -0.15) is 0 Å². The second-order valence-corrected chi connectivity index (χ2v) is 6.87. The standard InChI is InChI=1S/C21H25NO3/c1-5-22(17-8-6-7-15(2)13-17)20(23)21(3,4)16-9-10-18-19(14-16)25-12-11-24-18/h6-10,13-14H,5,11-12H2,1-4H3.